The molecule has 10 heteroatoms. The van der Waals surface area contributed by atoms with Crippen molar-refractivity contribution in [3.63, 3.8) is 0 Å². The molecule has 0 aromatic rings. The SMILES string of the molecule is CN(CCN(C)SC(F)(F)F)SC(F)(F)F. The van der Waals surface area contributed by atoms with Crippen LogP contribution in [0.4, 0.5) is 26.3 Å². The molecular weight excluding hydrogens is 278 g/mol. The summed E-state index contributed by atoms with van der Waals surface area (Å²) in [5.41, 5.74) is -8.82. The molecule has 0 spiro atoms. The largest absolute Gasteiger partial charge is 0.456 e. The third-order valence-corrected chi connectivity index (χ3v) is 2.65. The predicted octanol–water partition coefficient (Wildman–Crippen LogP) is 3.19. The van der Waals surface area contributed by atoms with E-state index in [-0.39, 0.29) is 37.0 Å². The van der Waals surface area contributed by atoms with Gasteiger partial charge >= 0.3 is 11.0 Å². The molecule has 0 aliphatic carbocycles. The van der Waals surface area contributed by atoms with Crippen LogP contribution in [-0.4, -0.2) is 46.8 Å². The van der Waals surface area contributed by atoms with Crippen molar-refractivity contribution in [2.45, 2.75) is 11.0 Å². The van der Waals surface area contributed by atoms with Crippen LogP contribution in [0.1, 0.15) is 0 Å². The Labute approximate surface area is 97.6 Å². The Morgan fingerprint density at radius 3 is 1.19 bits per heavy atom. The quantitative estimate of drug-likeness (QED) is 0.566. The van der Waals surface area contributed by atoms with E-state index in [4.69, 9.17) is 0 Å². The maximum Gasteiger partial charge on any atom is 0.456 e. The Hall–Kier alpha value is 0.200. The molecule has 0 heterocycles. The molecule has 0 N–H and O–H groups in total. The van der Waals surface area contributed by atoms with Crippen LogP contribution in [0.2, 0.25) is 0 Å². The van der Waals surface area contributed by atoms with Gasteiger partial charge in [-0.05, 0) is 14.1 Å². The number of likely N-dealkylation sites (N-methyl/N-ethyl adjacent to an activating group) is 2. The first kappa shape index (κ1) is 16.2. The van der Waals surface area contributed by atoms with Gasteiger partial charge < -0.3 is 0 Å². The molecule has 98 valence electrons. The molecule has 0 aromatic carbocycles. The number of hydrogen-bond donors (Lipinski definition) is 0. The lowest BCUT2D eigenvalue weighted by Crippen LogP contribution is -2.27. The van der Waals surface area contributed by atoms with E-state index < -0.39 is 11.0 Å². The normalized spacial score (nSPS) is 13.9. The first-order chi connectivity index (χ1) is 6.99. The molecule has 0 radical (unpaired) electrons. The Morgan fingerprint density at radius 1 is 0.750 bits per heavy atom. The minimum atomic E-state index is -4.41. The van der Waals surface area contributed by atoms with Crippen LogP contribution >= 0.6 is 23.9 Å². The molecule has 0 unspecified atom stereocenters. The van der Waals surface area contributed by atoms with Crippen LogP contribution in [0, 0.1) is 0 Å². The van der Waals surface area contributed by atoms with E-state index in [1.807, 2.05) is 0 Å². The topological polar surface area (TPSA) is 6.48 Å². The molecule has 0 aromatic heterocycles. The number of alkyl halides is 6. The molecule has 0 saturated carbocycles. The molecule has 0 aliphatic rings. The number of rotatable bonds is 5. The minimum Gasteiger partial charge on any atom is -0.245 e. The van der Waals surface area contributed by atoms with Gasteiger partial charge in [0.25, 0.3) is 0 Å². The second-order valence-electron chi connectivity index (χ2n) is 2.78. The Morgan fingerprint density at radius 2 is 1.00 bits per heavy atom. The molecule has 0 saturated heterocycles. The highest BCUT2D eigenvalue weighted by atomic mass is 32.2. The molecule has 0 bridgehead atoms. The summed E-state index contributed by atoms with van der Waals surface area (Å²) in [5, 5.41) is 0. The van der Waals surface area contributed by atoms with Crippen molar-refractivity contribution in [3.8, 4) is 0 Å². The average Bonchev–Trinajstić information content (AvgIpc) is 1.94. The summed E-state index contributed by atoms with van der Waals surface area (Å²) in [4.78, 5) is 0. The van der Waals surface area contributed by atoms with Crippen molar-refractivity contribution in [2.75, 3.05) is 27.2 Å². The second kappa shape index (κ2) is 6.22. The van der Waals surface area contributed by atoms with Crippen molar-refractivity contribution in [1.29, 1.82) is 0 Å². The maximum absolute atomic E-state index is 11.8. The lowest BCUT2D eigenvalue weighted by Gasteiger charge is -2.21. The van der Waals surface area contributed by atoms with Gasteiger partial charge in [0.15, 0.2) is 0 Å². The first-order valence-corrected chi connectivity index (χ1v) is 5.48. The molecule has 16 heavy (non-hydrogen) atoms. The molecule has 0 atom stereocenters. The fourth-order valence-electron chi connectivity index (χ4n) is 0.726. The van der Waals surface area contributed by atoms with Gasteiger partial charge in [0.1, 0.15) is 0 Å². The monoisotopic (exact) mass is 288 g/mol. The molecule has 2 nitrogen and oxygen atoms in total. The smallest absolute Gasteiger partial charge is 0.245 e. The summed E-state index contributed by atoms with van der Waals surface area (Å²) in [6, 6.07) is 0. The van der Waals surface area contributed by atoms with E-state index in [1.54, 1.807) is 0 Å². The Bertz CT molecular complexity index is 184. The van der Waals surface area contributed by atoms with Crippen LogP contribution in [0.15, 0.2) is 0 Å². The van der Waals surface area contributed by atoms with Gasteiger partial charge in [-0.2, -0.15) is 26.3 Å². The summed E-state index contributed by atoms with van der Waals surface area (Å²) in [6.45, 7) is -0.243. The summed E-state index contributed by atoms with van der Waals surface area (Å²) in [6.07, 6.45) is 0. The highest BCUT2D eigenvalue weighted by Gasteiger charge is 2.33. The van der Waals surface area contributed by atoms with Gasteiger partial charge in [-0.3, -0.25) is 0 Å². The molecular formula is C6H10F6N2S2. The van der Waals surface area contributed by atoms with Crippen molar-refractivity contribution in [1.82, 2.24) is 8.61 Å². The summed E-state index contributed by atoms with van der Waals surface area (Å²) in [5.74, 6) is 0. The van der Waals surface area contributed by atoms with Gasteiger partial charge in [0, 0.05) is 37.0 Å². The highest BCUT2D eigenvalue weighted by molar-refractivity contribution is 7.98. The van der Waals surface area contributed by atoms with E-state index in [0.717, 1.165) is 8.61 Å². The maximum atomic E-state index is 11.8. The standard InChI is InChI=1S/C6H10F6N2S2/c1-13(15-5(7,8)9)3-4-14(2)16-6(10,11)12/h3-4H2,1-2H3. The van der Waals surface area contributed by atoms with Crippen molar-refractivity contribution in [2.24, 2.45) is 0 Å². The van der Waals surface area contributed by atoms with Crippen molar-refractivity contribution >= 4 is 23.9 Å². The van der Waals surface area contributed by atoms with E-state index in [2.05, 4.69) is 0 Å². The summed E-state index contributed by atoms with van der Waals surface area (Å²) >= 11 is -0.734. The number of nitrogens with zero attached hydrogens (tertiary/aromatic N) is 2. The fraction of sp³-hybridized carbons (Fsp3) is 1.00. The zero-order valence-corrected chi connectivity index (χ0v) is 10.0. The van der Waals surface area contributed by atoms with Crippen LogP contribution in [-0.2, 0) is 0 Å². The number of hydrogen-bond acceptors (Lipinski definition) is 4. The fourth-order valence-corrected chi connectivity index (χ4v) is 1.78. The first-order valence-electron chi connectivity index (χ1n) is 3.93. The Balaban J connectivity index is 3.80. The van der Waals surface area contributed by atoms with Crippen LogP contribution in [0.3, 0.4) is 0 Å². The van der Waals surface area contributed by atoms with Gasteiger partial charge in [0.2, 0.25) is 0 Å². The van der Waals surface area contributed by atoms with E-state index in [9.17, 15) is 26.3 Å². The van der Waals surface area contributed by atoms with Crippen molar-refractivity contribution in [3.05, 3.63) is 0 Å². The summed E-state index contributed by atoms with van der Waals surface area (Å²) in [7, 11) is 2.34. The third-order valence-electron chi connectivity index (χ3n) is 1.25. The third kappa shape index (κ3) is 10.7. The second-order valence-corrected chi connectivity index (χ2v) is 5.31. The van der Waals surface area contributed by atoms with Crippen LogP contribution < -0.4 is 0 Å². The average molecular weight is 288 g/mol. The van der Waals surface area contributed by atoms with Crippen LogP contribution in [0.25, 0.3) is 0 Å². The highest BCUT2D eigenvalue weighted by Crippen LogP contribution is 2.33. The van der Waals surface area contributed by atoms with Gasteiger partial charge in [-0.15, -0.1) is 0 Å². The van der Waals surface area contributed by atoms with E-state index in [0.29, 0.717) is 0 Å². The van der Waals surface area contributed by atoms with Gasteiger partial charge in [-0.1, -0.05) is 0 Å². The zero-order chi connectivity index (χ0) is 13.0. The van der Waals surface area contributed by atoms with E-state index in [1.165, 1.54) is 14.1 Å². The molecule has 0 aliphatic heterocycles. The number of halogens is 6. The van der Waals surface area contributed by atoms with Crippen LogP contribution in [0.5, 0.6) is 0 Å². The Kier molecular flexibility index (Phi) is 6.30. The van der Waals surface area contributed by atoms with Gasteiger partial charge in [0.05, 0.1) is 0 Å². The zero-order valence-electron chi connectivity index (χ0n) is 8.39. The summed E-state index contributed by atoms with van der Waals surface area (Å²) < 4.78 is 72.6. The lowest BCUT2D eigenvalue weighted by atomic mass is 10.6. The molecule has 0 rings (SSSR count). The minimum absolute atomic E-state index is 0.121. The molecule has 0 amide bonds. The predicted molar refractivity (Wildman–Crippen MR) is 52.6 cm³/mol. The lowest BCUT2D eigenvalue weighted by molar-refractivity contribution is -0.0375. The van der Waals surface area contributed by atoms with Gasteiger partial charge in [-0.25, -0.2) is 8.61 Å². The molecule has 0 fully saturated rings. The van der Waals surface area contributed by atoms with Crippen molar-refractivity contribution < 1.29 is 26.3 Å². The van der Waals surface area contributed by atoms with E-state index >= 15 is 0 Å².